The quantitative estimate of drug-likeness (QED) is 0.780. The lowest BCUT2D eigenvalue weighted by Gasteiger charge is -2.47. The van der Waals surface area contributed by atoms with E-state index in [1.54, 1.807) is 7.11 Å². The van der Waals surface area contributed by atoms with E-state index in [0.29, 0.717) is 17.7 Å². The van der Waals surface area contributed by atoms with Crippen LogP contribution in [0.25, 0.3) is 0 Å². The summed E-state index contributed by atoms with van der Waals surface area (Å²) in [5.74, 6) is 0.952. The smallest absolute Gasteiger partial charge is 0.257 e. The second-order valence-corrected chi connectivity index (χ2v) is 8.85. The summed E-state index contributed by atoms with van der Waals surface area (Å²) in [5, 5.41) is 0. The summed E-state index contributed by atoms with van der Waals surface area (Å²) in [6, 6.07) is 5.72. The third-order valence-electron chi connectivity index (χ3n) is 6.98. The van der Waals surface area contributed by atoms with Crippen LogP contribution in [-0.4, -0.2) is 67.6 Å². The SMILES string of the molecule is COc1cccc(C)c1C(=O)N1CCC2(CCC(=O)N(C[C@@H]3CCCO3)C2)CC1. The van der Waals surface area contributed by atoms with E-state index in [1.807, 2.05) is 34.9 Å². The molecule has 3 heterocycles. The maximum atomic E-state index is 13.2. The molecule has 0 radical (unpaired) electrons. The molecule has 0 bridgehead atoms. The van der Waals surface area contributed by atoms with Crippen LogP contribution in [0.4, 0.5) is 0 Å². The molecule has 3 aliphatic rings. The first-order chi connectivity index (χ1) is 14.0. The lowest BCUT2D eigenvalue weighted by atomic mass is 9.72. The predicted molar refractivity (Wildman–Crippen MR) is 110 cm³/mol. The molecule has 0 saturated carbocycles. The lowest BCUT2D eigenvalue weighted by Crippen LogP contribution is -2.53. The molecular weight excluding hydrogens is 368 g/mol. The number of nitrogens with zero attached hydrogens (tertiary/aromatic N) is 2. The largest absolute Gasteiger partial charge is 0.496 e. The minimum absolute atomic E-state index is 0.0536. The Morgan fingerprint density at radius 3 is 2.76 bits per heavy atom. The van der Waals surface area contributed by atoms with Crippen molar-refractivity contribution in [2.45, 2.75) is 51.6 Å². The van der Waals surface area contributed by atoms with Gasteiger partial charge in [-0.25, -0.2) is 0 Å². The minimum atomic E-state index is 0.0536. The monoisotopic (exact) mass is 400 g/mol. The molecule has 3 saturated heterocycles. The van der Waals surface area contributed by atoms with Crippen LogP contribution in [0.2, 0.25) is 0 Å². The van der Waals surface area contributed by atoms with Gasteiger partial charge >= 0.3 is 0 Å². The van der Waals surface area contributed by atoms with Crippen LogP contribution >= 0.6 is 0 Å². The Labute approximate surface area is 173 Å². The van der Waals surface area contributed by atoms with Gasteiger partial charge in [0.25, 0.3) is 5.91 Å². The predicted octanol–water partition coefficient (Wildman–Crippen LogP) is 3.03. The third kappa shape index (κ3) is 4.13. The van der Waals surface area contributed by atoms with Crippen molar-refractivity contribution in [3.8, 4) is 5.75 Å². The average molecular weight is 401 g/mol. The van der Waals surface area contributed by atoms with Crippen molar-refractivity contribution in [1.82, 2.24) is 9.80 Å². The number of amides is 2. The van der Waals surface area contributed by atoms with E-state index in [4.69, 9.17) is 9.47 Å². The number of hydrogen-bond acceptors (Lipinski definition) is 4. The van der Waals surface area contributed by atoms with Crippen LogP contribution in [0.3, 0.4) is 0 Å². The molecule has 3 aliphatic heterocycles. The lowest BCUT2D eigenvalue weighted by molar-refractivity contribution is -0.141. The van der Waals surface area contributed by atoms with Crippen molar-refractivity contribution in [1.29, 1.82) is 0 Å². The van der Waals surface area contributed by atoms with Crippen LogP contribution in [0.15, 0.2) is 18.2 Å². The van der Waals surface area contributed by atoms with Gasteiger partial charge in [-0.1, -0.05) is 12.1 Å². The van der Waals surface area contributed by atoms with Crippen LogP contribution < -0.4 is 4.74 Å². The Morgan fingerprint density at radius 2 is 2.07 bits per heavy atom. The number of rotatable bonds is 4. The molecule has 0 aliphatic carbocycles. The summed E-state index contributed by atoms with van der Waals surface area (Å²) in [5.41, 5.74) is 1.75. The van der Waals surface area contributed by atoms with Crippen molar-refractivity contribution >= 4 is 11.8 Å². The molecule has 0 aromatic heterocycles. The van der Waals surface area contributed by atoms with E-state index in [1.165, 1.54) is 0 Å². The Hall–Kier alpha value is -2.08. The fourth-order valence-electron chi connectivity index (χ4n) is 5.14. The maximum absolute atomic E-state index is 13.2. The molecule has 3 fully saturated rings. The van der Waals surface area contributed by atoms with E-state index < -0.39 is 0 Å². The number of hydrogen-bond donors (Lipinski definition) is 0. The Bertz CT molecular complexity index is 764. The number of carbonyl (C=O) groups is 2. The molecule has 6 nitrogen and oxygen atoms in total. The van der Waals surface area contributed by atoms with E-state index in [2.05, 4.69) is 0 Å². The van der Waals surface area contributed by atoms with Crippen molar-refractivity contribution in [3.05, 3.63) is 29.3 Å². The van der Waals surface area contributed by atoms with E-state index >= 15 is 0 Å². The highest BCUT2D eigenvalue weighted by atomic mass is 16.5. The standard InChI is InChI=1S/C23H32N2O4/c1-17-5-3-7-19(28-2)21(17)22(27)24-12-10-23(11-13-24)9-8-20(26)25(16-23)15-18-6-4-14-29-18/h3,5,7,18H,4,6,8-16H2,1-2H3/t18-/m0/s1. The summed E-state index contributed by atoms with van der Waals surface area (Å²) in [4.78, 5) is 29.6. The molecule has 1 aromatic carbocycles. The summed E-state index contributed by atoms with van der Waals surface area (Å²) in [6.07, 6.45) is 5.79. The van der Waals surface area contributed by atoms with Gasteiger partial charge in [-0.3, -0.25) is 9.59 Å². The van der Waals surface area contributed by atoms with E-state index in [0.717, 1.165) is 70.5 Å². The zero-order chi connectivity index (χ0) is 20.4. The van der Waals surface area contributed by atoms with Gasteiger partial charge in [-0.05, 0) is 56.1 Å². The van der Waals surface area contributed by atoms with Gasteiger partial charge in [0.1, 0.15) is 5.75 Å². The Balaban J connectivity index is 1.41. The van der Waals surface area contributed by atoms with E-state index in [9.17, 15) is 9.59 Å². The zero-order valence-corrected chi connectivity index (χ0v) is 17.6. The molecule has 0 unspecified atom stereocenters. The van der Waals surface area contributed by atoms with Crippen LogP contribution in [0, 0.1) is 12.3 Å². The van der Waals surface area contributed by atoms with E-state index in [-0.39, 0.29) is 23.3 Å². The Kier molecular flexibility index (Phi) is 5.81. The maximum Gasteiger partial charge on any atom is 0.257 e. The van der Waals surface area contributed by atoms with Crippen LogP contribution in [0.5, 0.6) is 5.75 Å². The molecule has 29 heavy (non-hydrogen) atoms. The van der Waals surface area contributed by atoms with Gasteiger partial charge in [-0.15, -0.1) is 0 Å². The summed E-state index contributed by atoms with van der Waals surface area (Å²) < 4.78 is 11.2. The number of likely N-dealkylation sites (tertiary alicyclic amines) is 2. The van der Waals surface area contributed by atoms with Crippen molar-refractivity contribution in [2.75, 3.05) is 39.9 Å². The van der Waals surface area contributed by atoms with Gasteiger partial charge in [0.2, 0.25) is 5.91 Å². The van der Waals surface area contributed by atoms with Crippen molar-refractivity contribution < 1.29 is 19.1 Å². The fraction of sp³-hybridized carbons (Fsp3) is 0.652. The summed E-state index contributed by atoms with van der Waals surface area (Å²) >= 11 is 0. The molecule has 1 aromatic rings. The molecule has 2 amide bonds. The normalized spacial score (nSPS) is 24.2. The fourth-order valence-corrected chi connectivity index (χ4v) is 5.14. The van der Waals surface area contributed by atoms with Gasteiger partial charge in [-0.2, -0.15) is 0 Å². The van der Waals surface area contributed by atoms with Gasteiger partial charge < -0.3 is 19.3 Å². The first-order valence-corrected chi connectivity index (χ1v) is 10.8. The Morgan fingerprint density at radius 1 is 1.28 bits per heavy atom. The van der Waals surface area contributed by atoms with Gasteiger partial charge in [0.15, 0.2) is 0 Å². The summed E-state index contributed by atoms with van der Waals surface area (Å²) in [7, 11) is 1.61. The number of methoxy groups -OCH3 is 1. The van der Waals surface area contributed by atoms with Crippen molar-refractivity contribution in [2.24, 2.45) is 5.41 Å². The summed E-state index contributed by atoms with van der Waals surface area (Å²) in [6.45, 7) is 5.77. The number of carbonyl (C=O) groups excluding carboxylic acids is 2. The second kappa shape index (κ2) is 8.34. The third-order valence-corrected chi connectivity index (χ3v) is 6.98. The van der Waals surface area contributed by atoms with Crippen LogP contribution in [0.1, 0.15) is 54.4 Å². The number of piperidine rings is 2. The molecule has 4 rings (SSSR count). The number of ether oxygens (including phenoxy) is 2. The molecule has 6 heteroatoms. The van der Waals surface area contributed by atoms with Gasteiger partial charge in [0, 0.05) is 39.2 Å². The topological polar surface area (TPSA) is 59.1 Å². The van der Waals surface area contributed by atoms with Crippen molar-refractivity contribution in [3.63, 3.8) is 0 Å². The first kappa shape index (κ1) is 20.2. The first-order valence-electron chi connectivity index (χ1n) is 10.8. The number of benzene rings is 1. The highest BCUT2D eigenvalue weighted by Crippen LogP contribution is 2.41. The van der Waals surface area contributed by atoms with Gasteiger partial charge in [0.05, 0.1) is 18.8 Å². The number of aryl methyl sites for hydroxylation is 1. The zero-order valence-electron chi connectivity index (χ0n) is 17.6. The molecule has 158 valence electrons. The average Bonchev–Trinajstić information content (AvgIpc) is 3.24. The molecular formula is C23H32N2O4. The highest BCUT2D eigenvalue weighted by molar-refractivity contribution is 5.98. The van der Waals surface area contributed by atoms with Crippen LogP contribution in [-0.2, 0) is 9.53 Å². The highest BCUT2D eigenvalue weighted by Gasteiger charge is 2.42. The molecule has 1 spiro atoms. The second-order valence-electron chi connectivity index (χ2n) is 8.85. The minimum Gasteiger partial charge on any atom is -0.496 e. The molecule has 1 atom stereocenters. The molecule has 0 N–H and O–H groups in total.